The Morgan fingerprint density at radius 1 is 1.64 bits per heavy atom. The number of aliphatic hydroxyl groups is 1. The summed E-state index contributed by atoms with van der Waals surface area (Å²) in [6.07, 6.45) is -0.864. The molecule has 0 saturated carbocycles. The smallest absolute Gasteiger partial charge is 0.217 e. The van der Waals surface area contributed by atoms with Gasteiger partial charge < -0.3 is 19.9 Å². The van der Waals surface area contributed by atoms with E-state index in [9.17, 15) is 9.90 Å². The predicted octanol–water partition coefficient (Wildman–Crippen LogP) is -0.367. The number of hydrogen-bond donors (Lipinski definition) is 2. The zero-order chi connectivity index (χ0) is 10.7. The van der Waals surface area contributed by atoms with E-state index < -0.39 is 6.29 Å². The zero-order valence-electron chi connectivity index (χ0n) is 8.69. The van der Waals surface area contributed by atoms with E-state index in [1.165, 1.54) is 6.92 Å². The predicted molar refractivity (Wildman–Crippen MR) is 49.6 cm³/mol. The summed E-state index contributed by atoms with van der Waals surface area (Å²) in [7, 11) is 1.56. The summed E-state index contributed by atoms with van der Waals surface area (Å²) < 4.78 is 10.4. The Labute approximate surface area is 83.4 Å². The Bertz CT molecular complexity index is 209. The maximum atomic E-state index is 10.9. The molecule has 82 valence electrons. The van der Waals surface area contributed by atoms with Crippen molar-refractivity contribution in [2.75, 3.05) is 7.11 Å². The summed E-state index contributed by atoms with van der Waals surface area (Å²) in [4.78, 5) is 10.9. The van der Waals surface area contributed by atoms with Crippen LogP contribution in [0.25, 0.3) is 0 Å². The second-order valence-corrected chi connectivity index (χ2v) is 3.53. The lowest BCUT2D eigenvalue weighted by molar-refractivity contribution is -0.201. The Kier molecular flexibility index (Phi) is 3.86. The SMILES string of the molecule is CO[C@H]1C[C@H](O)O[C@H](C)[C@@H]1NC(C)=O. The molecule has 14 heavy (non-hydrogen) atoms. The number of rotatable bonds is 2. The number of amides is 1. The monoisotopic (exact) mass is 203 g/mol. The van der Waals surface area contributed by atoms with Crippen LogP contribution in [0.5, 0.6) is 0 Å². The van der Waals surface area contributed by atoms with E-state index in [0.717, 1.165) is 0 Å². The Hall–Kier alpha value is -0.650. The van der Waals surface area contributed by atoms with Crippen LogP contribution in [0.4, 0.5) is 0 Å². The highest BCUT2D eigenvalue weighted by Gasteiger charge is 2.36. The first-order chi connectivity index (χ1) is 6.54. The third kappa shape index (κ3) is 2.67. The molecule has 1 saturated heterocycles. The molecule has 1 rings (SSSR count). The third-order valence-corrected chi connectivity index (χ3v) is 2.38. The molecule has 0 aromatic carbocycles. The molecule has 0 bridgehead atoms. The van der Waals surface area contributed by atoms with Gasteiger partial charge in [0.2, 0.25) is 5.91 Å². The van der Waals surface area contributed by atoms with Gasteiger partial charge in [-0.05, 0) is 6.92 Å². The minimum atomic E-state index is -0.806. The van der Waals surface area contributed by atoms with E-state index in [0.29, 0.717) is 6.42 Å². The Morgan fingerprint density at radius 2 is 2.29 bits per heavy atom. The van der Waals surface area contributed by atoms with E-state index >= 15 is 0 Å². The lowest BCUT2D eigenvalue weighted by Gasteiger charge is -2.38. The summed E-state index contributed by atoms with van der Waals surface area (Å²) in [5, 5.41) is 12.1. The third-order valence-electron chi connectivity index (χ3n) is 2.38. The van der Waals surface area contributed by atoms with E-state index in [1.54, 1.807) is 14.0 Å². The molecule has 0 spiro atoms. The first kappa shape index (κ1) is 11.4. The van der Waals surface area contributed by atoms with Crippen molar-refractivity contribution >= 4 is 5.91 Å². The lowest BCUT2D eigenvalue weighted by atomic mass is 9.99. The topological polar surface area (TPSA) is 67.8 Å². The molecule has 0 aromatic heterocycles. The van der Waals surface area contributed by atoms with E-state index in [4.69, 9.17) is 9.47 Å². The van der Waals surface area contributed by atoms with Crippen LogP contribution in [-0.2, 0) is 14.3 Å². The molecule has 1 amide bonds. The van der Waals surface area contributed by atoms with Gasteiger partial charge in [0.25, 0.3) is 0 Å². The number of carbonyl (C=O) groups excluding carboxylic acids is 1. The summed E-state index contributed by atoms with van der Waals surface area (Å²) in [5.41, 5.74) is 0. The summed E-state index contributed by atoms with van der Waals surface area (Å²) in [6, 6.07) is -0.194. The average molecular weight is 203 g/mol. The second-order valence-electron chi connectivity index (χ2n) is 3.53. The maximum Gasteiger partial charge on any atom is 0.217 e. The normalized spacial score (nSPS) is 38.0. The van der Waals surface area contributed by atoms with Gasteiger partial charge in [0.15, 0.2) is 6.29 Å². The highest BCUT2D eigenvalue weighted by atomic mass is 16.6. The fourth-order valence-corrected chi connectivity index (χ4v) is 1.72. The van der Waals surface area contributed by atoms with E-state index in [2.05, 4.69) is 5.32 Å². The van der Waals surface area contributed by atoms with E-state index in [-0.39, 0.29) is 24.2 Å². The fraction of sp³-hybridized carbons (Fsp3) is 0.889. The summed E-state index contributed by atoms with van der Waals surface area (Å²) in [6.45, 7) is 3.25. The summed E-state index contributed by atoms with van der Waals surface area (Å²) in [5.74, 6) is -0.121. The standard InChI is InChI=1S/C9H17NO4/c1-5-9(10-6(2)11)7(13-3)4-8(12)14-5/h5,7-9,12H,4H2,1-3H3,(H,10,11)/t5-,7+,8-,9+/m1/s1. The largest absolute Gasteiger partial charge is 0.379 e. The number of aliphatic hydroxyl groups excluding tert-OH is 1. The van der Waals surface area contributed by atoms with Crippen molar-refractivity contribution in [1.29, 1.82) is 0 Å². The zero-order valence-corrected chi connectivity index (χ0v) is 8.69. The van der Waals surface area contributed by atoms with Crippen molar-refractivity contribution in [3.05, 3.63) is 0 Å². The first-order valence-electron chi connectivity index (χ1n) is 4.68. The molecule has 0 radical (unpaired) electrons. The van der Waals surface area contributed by atoms with Gasteiger partial charge in [-0.2, -0.15) is 0 Å². The lowest BCUT2D eigenvalue weighted by Crippen LogP contribution is -2.56. The van der Waals surface area contributed by atoms with Crippen molar-refractivity contribution in [3.8, 4) is 0 Å². The quantitative estimate of drug-likeness (QED) is 0.642. The second kappa shape index (κ2) is 4.72. The minimum absolute atomic E-state index is 0.121. The van der Waals surface area contributed by atoms with Crippen LogP contribution in [0, 0.1) is 0 Å². The highest BCUT2D eigenvalue weighted by Crippen LogP contribution is 2.20. The van der Waals surface area contributed by atoms with Crippen LogP contribution in [-0.4, -0.2) is 42.7 Å². The van der Waals surface area contributed by atoms with E-state index in [1.807, 2.05) is 0 Å². The molecule has 0 unspecified atom stereocenters. The van der Waals surface area contributed by atoms with Gasteiger partial charge in [-0.1, -0.05) is 0 Å². The fourth-order valence-electron chi connectivity index (χ4n) is 1.72. The van der Waals surface area contributed by atoms with Gasteiger partial charge in [-0.3, -0.25) is 4.79 Å². The van der Waals surface area contributed by atoms with Crippen molar-refractivity contribution in [1.82, 2.24) is 5.32 Å². The van der Waals surface area contributed by atoms with Crippen LogP contribution < -0.4 is 5.32 Å². The Balaban J connectivity index is 2.63. The minimum Gasteiger partial charge on any atom is -0.379 e. The number of ether oxygens (including phenoxy) is 2. The van der Waals surface area contributed by atoms with Gasteiger partial charge in [0.1, 0.15) is 0 Å². The molecule has 1 aliphatic rings. The highest BCUT2D eigenvalue weighted by molar-refractivity contribution is 5.73. The van der Waals surface area contributed by atoms with Crippen LogP contribution in [0.2, 0.25) is 0 Å². The van der Waals surface area contributed by atoms with Crippen LogP contribution in [0.1, 0.15) is 20.3 Å². The number of nitrogens with one attached hydrogen (secondary N) is 1. The van der Waals surface area contributed by atoms with Gasteiger partial charge in [0.05, 0.1) is 18.2 Å². The van der Waals surface area contributed by atoms with Crippen molar-refractivity contribution in [3.63, 3.8) is 0 Å². The average Bonchev–Trinajstić information content (AvgIpc) is 2.08. The van der Waals surface area contributed by atoms with Crippen LogP contribution >= 0.6 is 0 Å². The number of carbonyl (C=O) groups is 1. The number of methoxy groups -OCH3 is 1. The summed E-state index contributed by atoms with van der Waals surface area (Å²) >= 11 is 0. The Morgan fingerprint density at radius 3 is 2.79 bits per heavy atom. The molecule has 0 aliphatic carbocycles. The van der Waals surface area contributed by atoms with Gasteiger partial charge in [-0.15, -0.1) is 0 Å². The van der Waals surface area contributed by atoms with Crippen molar-refractivity contribution in [2.24, 2.45) is 0 Å². The molecule has 1 aliphatic heterocycles. The van der Waals surface area contributed by atoms with Crippen LogP contribution in [0.15, 0.2) is 0 Å². The van der Waals surface area contributed by atoms with Gasteiger partial charge in [-0.25, -0.2) is 0 Å². The van der Waals surface area contributed by atoms with Crippen molar-refractivity contribution in [2.45, 2.75) is 44.8 Å². The molecule has 1 heterocycles. The molecule has 1 fully saturated rings. The molecule has 0 aromatic rings. The molecule has 2 N–H and O–H groups in total. The molecular weight excluding hydrogens is 186 g/mol. The van der Waals surface area contributed by atoms with Crippen molar-refractivity contribution < 1.29 is 19.4 Å². The first-order valence-corrected chi connectivity index (χ1v) is 4.68. The van der Waals surface area contributed by atoms with Gasteiger partial charge in [0, 0.05) is 20.5 Å². The molecule has 4 atom stereocenters. The number of hydrogen-bond acceptors (Lipinski definition) is 4. The molecule has 5 nitrogen and oxygen atoms in total. The van der Waals surface area contributed by atoms with Gasteiger partial charge >= 0.3 is 0 Å². The van der Waals surface area contributed by atoms with Crippen LogP contribution in [0.3, 0.4) is 0 Å². The maximum absolute atomic E-state index is 10.9. The molecule has 5 heteroatoms. The molecular formula is C9H17NO4.